The van der Waals surface area contributed by atoms with E-state index in [0.717, 1.165) is 41.9 Å². The van der Waals surface area contributed by atoms with E-state index in [1.54, 1.807) is 20.3 Å². The van der Waals surface area contributed by atoms with Gasteiger partial charge in [0.2, 0.25) is 0 Å². The number of nitrogens with zero attached hydrogens (tertiary/aromatic N) is 1. The monoisotopic (exact) mass is 810 g/mol. The smallest absolute Gasteiger partial charge is 0.141 e. The van der Waals surface area contributed by atoms with Gasteiger partial charge in [0.05, 0.1) is 34.3 Å². The number of Topliss-reactive ketones (excluding diaryl/α,β-unsaturated/α-hetero) is 1. The van der Waals surface area contributed by atoms with Crippen molar-refractivity contribution < 1.29 is 14.3 Å². The number of nitrogens with one attached hydrogen (secondary N) is 1. The number of halogens is 4. The minimum absolute atomic E-state index is 0. The summed E-state index contributed by atoms with van der Waals surface area (Å²) < 4.78 is 10.8. The molecule has 2 heterocycles. The molecule has 290 valence electrons. The number of carbonyl (C=O) groups excluding carboxylic acids is 1. The first-order chi connectivity index (χ1) is 25.7. The summed E-state index contributed by atoms with van der Waals surface area (Å²) in [6, 6.07) is 24.8. The fourth-order valence-corrected chi connectivity index (χ4v) is 8.91. The van der Waals surface area contributed by atoms with Gasteiger partial charge in [0.15, 0.2) is 0 Å². The van der Waals surface area contributed by atoms with Gasteiger partial charge in [-0.05, 0) is 166 Å². The molecule has 3 unspecified atom stereocenters. The molecule has 5 nitrogen and oxygen atoms in total. The van der Waals surface area contributed by atoms with Crippen LogP contribution in [0.15, 0.2) is 72.8 Å². The first-order valence-corrected chi connectivity index (χ1v) is 20.4. The van der Waals surface area contributed by atoms with Crippen LogP contribution in [-0.4, -0.2) is 57.1 Å². The molecule has 54 heavy (non-hydrogen) atoms. The summed E-state index contributed by atoms with van der Waals surface area (Å²) in [5.41, 5.74) is 7.48. The number of carbonyl (C=O) groups is 1. The predicted molar refractivity (Wildman–Crippen MR) is 227 cm³/mol. The SMILES string of the molecule is C.C1CCNC1.COc1ccc2c(c1)C(Cc1ccc(Cl)c(Cl)c1)C(=O)CC2.COc1ccc2c(c1)C(Cc1ccc(Cl)c(Cl)c1)C(N1CCCC1)CC2. The summed E-state index contributed by atoms with van der Waals surface area (Å²) in [4.78, 5) is 15.1. The van der Waals surface area contributed by atoms with E-state index in [2.05, 4.69) is 40.5 Å². The Labute approximate surface area is 342 Å². The van der Waals surface area contributed by atoms with Crippen LogP contribution in [0, 0.1) is 0 Å². The number of methoxy groups -OCH3 is 2. The van der Waals surface area contributed by atoms with E-state index in [9.17, 15) is 4.79 Å². The Morgan fingerprint density at radius 1 is 0.648 bits per heavy atom. The molecule has 0 bridgehead atoms. The minimum atomic E-state index is -0.143. The van der Waals surface area contributed by atoms with E-state index in [4.69, 9.17) is 55.9 Å². The number of fused-ring (bicyclic) bond motifs is 2. The van der Waals surface area contributed by atoms with Gasteiger partial charge in [-0.1, -0.05) is 78.1 Å². The van der Waals surface area contributed by atoms with Gasteiger partial charge in [-0.25, -0.2) is 0 Å². The van der Waals surface area contributed by atoms with E-state index < -0.39 is 0 Å². The predicted octanol–water partition coefficient (Wildman–Crippen LogP) is 11.6. The maximum atomic E-state index is 12.4. The summed E-state index contributed by atoms with van der Waals surface area (Å²) in [5.74, 6) is 2.32. The number of likely N-dealkylation sites (tertiary alicyclic amines) is 1. The first kappa shape index (κ1) is 42.4. The third-order valence-corrected chi connectivity index (χ3v) is 12.6. The van der Waals surface area contributed by atoms with Crippen molar-refractivity contribution in [3.8, 4) is 11.5 Å². The van der Waals surface area contributed by atoms with Crippen LogP contribution in [0.3, 0.4) is 0 Å². The summed E-state index contributed by atoms with van der Waals surface area (Å²) in [5, 5.41) is 5.54. The van der Waals surface area contributed by atoms with Gasteiger partial charge in [-0.15, -0.1) is 0 Å². The number of ether oxygens (including phenoxy) is 2. The fourth-order valence-electron chi connectivity index (χ4n) is 8.27. The highest BCUT2D eigenvalue weighted by atomic mass is 35.5. The molecular formula is C45H54Cl4N2O3. The highest BCUT2D eigenvalue weighted by molar-refractivity contribution is 6.42. The maximum absolute atomic E-state index is 12.4. The largest absolute Gasteiger partial charge is 0.497 e. The van der Waals surface area contributed by atoms with Crippen molar-refractivity contribution in [3.05, 3.63) is 126 Å². The van der Waals surface area contributed by atoms with Crippen LogP contribution >= 0.6 is 46.4 Å². The molecule has 4 aliphatic rings. The van der Waals surface area contributed by atoms with Gasteiger partial charge in [0.1, 0.15) is 17.3 Å². The lowest BCUT2D eigenvalue weighted by atomic mass is 9.75. The topological polar surface area (TPSA) is 50.8 Å². The molecule has 4 aromatic rings. The van der Waals surface area contributed by atoms with E-state index in [1.165, 1.54) is 80.5 Å². The van der Waals surface area contributed by atoms with E-state index >= 15 is 0 Å². The second-order valence-corrected chi connectivity index (χ2v) is 16.1. The molecule has 2 aliphatic carbocycles. The van der Waals surface area contributed by atoms with E-state index in [0.29, 0.717) is 44.9 Å². The second kappa shape index (κ2) is 20.4. The Morgan fingerprint density at radius 3 is 1.74 bits per heavy atom. The molecule has 0 aromatic heterocycles. The van der Waals surface area contributed by atoms with Crippen molar-refractivity contribution in [2.24, 2.45) is 0 Å². The highest BCUT2D eigenvalue weighted by Crippen LogP contribution is 2.41. The molecule has 0 saturated carbocycles. The lowest BCUT2D eigenvalue weighted by Crippen LogP contribution is -2.41. The summed E-state index contributed by atoms with van der Waals surface area (Å²) >= 11 is 24.4. The number of ketones is 1. The highest BCUT2D eigenvalue weighted by Gasteiger charge is 2.35. The van der Waals surface area contributed by atoms with Gasteiger partial charge >= 0.3 is 0 Å². The summed E-state index contributed by atoms with van der Waals surface area (Å²) in [6.45, 7) is 4.95. The zero-order valence-corrected chi connectivity index (χ0v) is 33.8. The molecule has 0 spiro atoms. The van der Waals surface area contributed by atoms with Gasteiger partial charge in [-0.2, -0.15) is 0 Å². The number of aryl methyl sites for hydroxylation is 2. The summed E-state index contributed by atoms with van der Waals surface area (Å²) in [7, 11) is 3.39. The molecule has 0 amide bonds. The van der Waals surface area contributed by atoms with Crippen molar-refractivity contribution in [3.63, 3.8) is 0 Å². The van der Waals surface area contributed by atoms with Crippen LogP contribution in [0.5, 0.6) is 11.5 Å². The molecule has 2 aliphatic heterocycles. The zero-order chi connectivity index (χ0) is 37.3. The molecule has 1 N–H and O–H groups in total. The molecule has 2 fully saturated rings. The normalized spacial score (nSPS) is 20.3. The molecule has 3 atom stereocenters. The van der Waals surface area contributed by atoms with Crippen molar-refractivity contribution in [1.82, 2.24) is 10.2 Å². The van der Waals surface area contributed by atoms with E-state index in [1.807, 2.05) is 36.4 Å². The Kier molecular flexibility index (Phi) is 16.0. The van der Waals surface area contributed by atoms with Crippen LogP contribution in [0.1, 0.15) is 91.2 Å². The average Bonchev–Trinajstić information content (AvgIpc) is 3.95. The fraction of sp³-hybridized carbons (Fsp3) is 0.444. The average molecular weight is 813 g/mol. The quantitative estimate of drug-likeness (QED) is 0.201. The van der Waals surface area contributed by atoms with E-state index in [-0.39, 0.29) is 19.1 Å². The van der Waals surface area contributed by atoms with Crippen LogP contribution in [0.2, 0.25) is 20.1 Å². The minimum Gasteiger partial charge on any atom is -0.497 e. The van der Waals surface area contributed by atoms with Crippen LogP contribution in [-0.2, 0) is 30.5 Å². The van der Waals surface area contributed by atoms with Crippen molar-refractivity contribution >= 4 is 52.2 Å². The number of rotatable bonds is 7. The van der Waals surface area contributed by atoms with Gasteiger partial charge < -0.3 is 14.8 Å². The third kappa shape index (κ3) is 10.7. The van der Waals surface area contributed by atoms with Gasteiger partial charge in [0, 0.05) is 24.3 Å². The van der Waals surface area contributed by atoms with Crippen molar-refractivity contribution in [2.45, 2.75) is 89.5 Å². The van der Waals surface area contributed by atoms with Crippen molar-refractivity contribution in [1.29, 1.82) is 0 Å². The molecule has 9 heteroatoms. The standard InChI is InChI=1S/C22H25Cl2NO.C18H16Cl2O2.C4H9N.CH4/c1-26-17-7-5-16-6-9-22(25-10-2-3-11-25)19(18(16)14-17)12-15-4-8-20(23)21(24)13-15;1-22-13-5-3-12-4-7-18(21)15(14(12)10-13)8-11-2-6-16(19)17(20)9-11;1-2-4-5-3-1;/h4-5,7-8,13-14,19,22H,2-3,6,9-12H2,1H3;2-3,5-6,9-10,15H,4,7-8H2,1H3;5H,1-4H2;1H4. The maximum Gasteiger partial charge on any atom is 0.141 e. The zero-order valence-electron chi connectivity index (χ0n) is 30.7. The molecule has 2 saturated heterocycles. The Balaban J connectivity index is 0.000000182. The molecule has 8 rings (SSSR count). The van der Waals surface area contributed by atoms with Crippen LogP contribution in [0.25, 0.3) is 0 Å². The molecule has 0 radical (unpaired) electrons. The van der Waals surface area contributed by atoms with Crippen molar-refractivity contribution in [2.75, 3.05) is 40.4 Å². The number of benzene rings is 4. The lowest BCUT2D eigenvalue weighted by molar-refractivity contribution is -0.120. The number of hydrogen-bond donors (Lipinski definition) is 1. The molecular weight excluding hydrogens is 758 g/mol. The Morgan fingerprint density at radius 2 is 1.20 bits per heavy atom. The Hall–Kier alpha value is -2.77. The van der Waals surface area contributed by atoms with Crippen LogP contribution in [0.4, 0.5) is 0 Å². The number of hydrogen-bond acceptors (Lipinski definition) is 5. The van der Waals surface area contributed by atoms with Crippen LogP contribution < -0.4 is 14.8 Å². The van der Waals surface area contributed by atoms with Gasteiger partial charge in [-0.3, -0.25) is 9.69 Å². The summed E-state index contributed by atoms with van der Waals surface area (Å²) in [6.07, 6.45) is 10.8. The first-order valence-electron chi connectivity index (χ1n) is 18.9. The van der Waals surface area contributed by atoms with Gasteiger partial charge in [0.25, 0.3) is 0 Å². The lowest BCUT2D eigenvalue weighted by Gasteiger charge is -2.39. The Bertz CT molecular complexity index is 1850. The second-order valence-electron chi connectivity index (χ2n) is 14.5. The third-order valence-electron chi connectivity index (χ3n) is 11.1. The molecule has 4 aromatic carbocycles.